The quantitative estimate of drug-likeness (QED) is 0.920. The summed E-state index contributed by atoms with van der Waals surface area (Å²) < 4.78 is 0. The first-order valence-corrected chi connectivity index (χ1v) is 9.34. The minimum absolute atomic E-state index is 0.120. The molecule has 4 rings (SSSR count). The van der Waals surface area contributed by atoms with Crippen molar-refractivity contribution < 1.29 is 4.79 Å². The summed E-state index contributed by atoms with van der Waals surface area (Å²) in [5.74, 6) is 1.19. The van der Waals surface area contributed by atoms with Crippen LogP contribution in [0, 0.1) is 5.92 Å². The largest absolute Gasteiger partial charge is 0.321 e. The van der Waals surface area contributed by atoms with Crippen molar-refractivity contribution in [3.63, 3.8) is 0 Å². The lowest BCUT2D eigenvalue weighted by molar-refractivity contribution is -0.131. The molecule has 1 aromatic rings. The van der Waals surface area contributed by atoms with Crippen LogP contribution in [0.15, 0.2) is 16.8 Å². The van der Waals surface area contributed by atoms with Gasteiger partial charge in [-0.2, -0.15) is 11.3 Å². The Kier molecular flexibility index (Phi) is 3.54. The van der Waals surface area contributed by atoms with E-state index in [0.717, 1.165) is 25.3 Å². The van der Waals surface area contributed by atoms with E-state index in [2.05, 4.69) is 27.0 Å². The zero-order valence-corrected chi connectivity index (χ0v) is 13.3. The Balaban J connectivity index is 1.46. The first kappa shape index (κ1) is 13.8. The minimum atomic E-state index is -0.195. The molecule has 114 valence electrons. The molecule has 1 amide bonds. The lowest BCUT2D eigenvalue weighted by atomic mass is 9.87. The lowest BCUT2D eigenvalue weighted by Crippen LogP contribution is -2.33. The first-order valence-electron chi connectivity index (χ1n) is 8.39. The van der Waals surface area contributed by atoms with E-state index in [1.54, 1.807) is 11.3 Å². The molecule has 3 aliphatic rings. The molecule has 1 spiro atoms. The number of nitrogens with one attached hydrogen (secondary N) is 1. The number of amides is 1. The molecular weight excluding hydrogens is 280 g/mol. The van der Waals surface area contributed by atoms with Crippen molar-refractivity contribution in [1.82, 2.24) is 10.2 Å². The molecule has 2 aliphatic carbocycles. The molecule has 1 unspecified atom stereocenters. The topological polar surface area (TPSA) is 32.3 Å². The van der Waals surface area contributed by atoms with E-state index < -0.39 is 0 Å². The van der Waals surface area contributed by atoms with Gasteiger partial charge in [0.05, 0.1) is 0 Å². The fourth-order valence-electron chi connectivity index (χ4n) is 4.00. The summed E-state index contributed by atoms with van der Waals surface area (Å²) in [6.45, 7) is 0.929. The minimum Gasteiger partial charge on any atom is -0.321 e. The predicted octanol–water partition coefficient (Wildman–Crippen LogP) is 3.68. The van der Waals surface area contributed by atoms with Crippen molar-refractivity contribution in [2.24, 2.45) is 5.92 Å². The zero-order valence-electron chi connectivity index (χ0n) is 12.5. The van der Waals surface area contributed by atoms with Gasteiger partial charge in [0.25, 0.3) is 0 Å². The molecule has 3 fully saturated rings. The Morgan fingerprint density at radius 2 is 2.10 bits per heavy atom. The van der Waals surface area contributed by atoms with Crippen LogP contribution in [0.2, 0.25) is 0 Å². The molecular formula is C17H24N2OS. The molecule has 1 N–H and O–H groups in total. The van der Waals surface area contributed by atoms with Gasteiger partial charge in [0, 0.05) is 6.54 Å². The third-order valence-corrected chi connectivity index (χ3v) is 6.21. The number of hydrogen-bond acceptors (Lipinski definition) is 3. The molecule has 1 saturated heterocycles. The monoisotopic (exact) mass is 304 g/mol. The maximum absolute atomic E-state index is 12.7. The zero-order chi connectivity index (χ0) is 14.3. The smallest absolute Gasteiger partial charge is 0.244 e. The third kappa shape index (κ3) is 2.53. The van der Waals surface area contributed by atoms with Crippen LogP contribution in [-0.4, -0.2) is 22.9 Å². The molecule has 2 heterocycles. The van der Waals surface area contributed by atoms with E-state index >= 15 is 0 Å². The van der Waals surface area contributed by atoms with Gasteiger partial charge in [-0.05, 0) is 47.6 Å². The van der Waals surface area contributed by atoms with Crippen molar-refractivity contribution in [3.8, 4) is 0 Å². The van der Waals surface area contributed by atoms with E-state index in [1.807, 2.05) is 0 Å². The molecule has 0 radical (unpaired) electrons. The number of carbonyl (C=O) groups excluding carboxylic acids is 1. The van der Waals surface area contributed by atoms with Crippen LogP contribution in [0.4, 0.5) is 0 Å². The second-order valence-electron chi connectivity index (χ2n) is 6.98. The highest BCUT2D eigenvalue weighted by Gasteiger charge is 2.59. The van der Waals surface area contributed by atoms with Gasteiger partial charge in [-0.25, -0.2) is 0 Å². The Hall–Kier alpha value is -0.870. The second kappa shape index (κ2) is 5.40. The van der Waals surface area contributed by atoms with Gasteiger partial charge in [-0.3, -0.25) is 10.1 Å². The van der Waals surface area contributed by atoms with Gasteiger partial charge < -0.3 is 4.90 Å². The van der Waals surface area contributed by atoms with Crippen molar-refractivity contribution >= 4 is 17.2 Å². The van der Waals surface area contributed by atoms with Crippen LogP contribution >= 0.6 is 11.3 Å². The Bertz CT molecular complexity index is 503. The van der Waals surface area contributed by atoms with Crippen molar-refractivity contribution in [2.45, 2.75) is 63.1 Å². The average Bonchev–Trinajstić information content (AvgIpc) is 2.99. The number of thiophene rings is 1. The fraction of sp³-hybridized carbons (Fsp3) is 0.706. The summed E-state index contributed by atoms with van der Waals surface area (Å²) in [6, 6.07) is 2.16. The van der Waals surface area contributed by atoms with E-state index in [9.17, 15) is 4.79 Å². The maximum Gasteiger partial charge on any atom is 0.244 e. The maximum atomic E-state index is 12.7. The van der Waals surface area contributed by atoms with E-state index in [-0.39, 0.29) is 11.7 Å². The van der Waals surface area contributed by atoms with Crippen LogP contribution in [0.25, 0.3) is 0 Å². The summed E-state index contributed by atoms with van der Waals surface area (Å²) in [6.07, 6.45) is 10.2. The number of nitrogens with zero attached hydrogens (tertiary/aromatic N) is 1. The van der Waals surface area contributed by atoms with Crippen LogP contribution in [-0.2, 0) is 4.79 Å². The highest BCUT2D eigenvalue weighted by Crippen LogP contribution is 2.46. The molecule has 3 nitrogen and oxygen atoms in total. The molecule has 1 aliphatic heterocycles. The summed E-state index contributed by atoms with van der Waals surface area (Å²) in [5, 5.41) is 7.90. The highest BCUT2D eigenvalue weighted by molar-refractivity contribution is 7.07. The van der Waals surface area contributed by atoms with Crippen LogP contribution in [0.5, 0.6) is 0 Å². The highest BCUT2D eigenvalue weighted by atomic mass is 32.1. The third-order valence-electron chi connectivity index (χ3n) is 5.51. The van der Waals surface area contributed by atoms with Gasteiger partial charge in [0.15, 0.2) is 0 Å². The van der Waals surface area contributed by atoms with E-state index in [1.165, 1.54) is 44.1 Å². The van der Waals surface area contributed by atoms with Gasteiger partial charge >= 0.3 is 0 Å². The molecule has 0 aromatic carbocycles. The van der Waals surface area contributed by atoms with Crippen LogP contribution < -0.4 is 5.32 Å². The molecule has 21 heavy (non-hydrogen) atoms. The Morgan fingerprint density at radius 1 is 1.29 bits per heavy atom. The van der Waals surface area contributed by atoms with Gasteiger partial charge in [-0.1, -0.05) is 32.1 Å². The normalized spacial score (nSPS) is 28.5. The summed E-state index contributed by atoms with van der Waals surface area (Å²) in [4.78, 5) is 14.9. The average molecular weight is 304 g/mol. The Morgan fingerprint density at radius 3 is 2.76 bits per heavy atom. The predicted molar refractivity (Wildman–Crippen MR) is 85.1 cm³/mol. The van der Waals surface area contributed by atoms with Crippen molar-refractivity contribution in [1.29, 1.82) is 0 Å². The molecule has 0 bridgehead atoms. The summed E-state index contributed by atoms with van der Waals surface area (Å²) >= 11 is 1.72. The Labute approximate surface area is 130 Å². The fourth-order valence-corrected chi connectivity index (χ4v) is 4.68. The number of hydrogen-bond donors (Lipinski definition) is 1. The van der Waals surface area contributed by atoms with E-state index in [4.69, 9.17) is 0 Å². The number of carbonyl (C=O) groups is 1. The molecule has 1 atom stereocenters. The SMILES string of the molecule is O=C1N(CCC2CCCCC2)C(c2ccsc2)NC12CC2. The molecule has 4 heteroatoms. The van der Waals surface area contributed by atoms with Crippen LogP contribution in [0.1, 0.15) is 63.1 Å². The van der Waals surface area contributed by atoms with Gasteiger partial charge in [0.2, 0.25) is 5.91 Å². The van der Waals surface area contributed by atoms with Gasteiger partial charge in [0.1, 0.15) is 11.7 Å². The first-order chi connectivity index (χ1) is 10.3. The summed E-state index contributed by atoms with van der Waals surface area (Å²) in [7, 11) is 0. The number of rotatable bonds is 4. The van der Waals surface area contributed by atoms with Crippen molar-refractivity contribution in [2.75, 3.05) is 6.54 Å². The summed E-state index contributed by atoms with van der Waals surface area (Å²) in [5.41, 5.74) is 1.07. The second-order valence-corrected chi connectivity index (χ2v) is 7.76. The lowest BCUT2D eigenvalue weighted by Gasteiger charge is -2.27. The standard InChI is InChI=1S/C17H24N2OS/c20-16-17(8-9-17)18-15(14-7-11-21-12-14)19(16)10-6-13-4-2-1-3-5-13/h7,11-13,15,18H,1-6,8-10H2. The van der Waals surface area contributed by atoms with E-state index in [0.29, 0.717) is 5.91 Å². The van der Waals surface area contributed by atoms with Gasteiger partial charge in [-0.15, -0.1) is 0 Å². The van der Waals surface area contributed by atoms with Crippen molar-refractivity contribution in [3.05, 3.63) is 22.4 Å². The molecule has 2 saturated carbocycles. The molecule has 1 aromatic heterocycles. The van der Waals surface area contributed by atoms with Crippen LogP contribution in [0.3, 0.4) is 0 Å².